The Morgan fingerprint density at radius 2 is 2.30 bits per heavy atom. The van der Waals surface area contributed by atoms with Gasteiger partial charge in [-0.2, -0.15) is 0 Å². The molecule has 0 saturated heterocycles. The lowest BCUT2D eigenvalue weighted by Crippen LogP contribution is -2.22. The molecule has 3 aromatic rings. The van der Waals surface area contributed by atoms with E-state index in [-0.39, 0.29) is 29.3 Å². The fourth-order valence-electron chi connectivity index (χ4n) is 2.85. The number of nitrogens with one attached hydrogen (secondary N) is 1. The van der Waals surface area contributed by atoms with Crippen LogP contribution in [-0.2, 0) is 11.2 Å². The van der Waals surface area contributed by atoms with Crippen LogP contribution in [0.1, 0.15) is 39.2 Å². The van der Waals surface area contributed by atoms with E-state index in [1.54, 1.807) is 12.3 Å². The minimum absolute atomic E-state index is 0.0160. The summed E-state index contributed by atoms with van der Waals surface area (Å²) in [5, 5.41) is 11.4. The van der Waals surface area contributed by atoms with Gasteiger partial charge in [-0.1, -0.05) is 23.1 Å². The number of amides is 1. The second-order valence-electron chi connectivity index (χ2n) is 6.02. The third-order valence-corrected chi connectivity index (χ3v) is 6.04. The zero-order chi connectivity index (χ0) is 18.8. The highest BCUT2D eigenvalue weighted by atomic mass is 32.2. The molecule has 0 aliphatic heterocycles. The number of hydrogen-bond donors (Lipinski definition) is 1. The fourth-order valence-corrected chi connectivity index (χ4v) is 4.47. The number of ketones is 1. The zero-order valence-electron chi connectivity index (χ0n) is 14.3. The van der Waals surface area contributed by atoms with E-state index in [4.69, 9.17) is 4.42 Å². The summed E-state index contributed by atoms with van der Waals surface area (Å²) in [6.45, 7) is 1.86. The maximum atomic E-state index is 12.4. The van der Waals surface area contributed by atoms with Crippen LogP contribution < -0.4 is 5.32 Å². The van der Waals surface area contributed by atoms with E-state index >= 15 is 0 Å². The average molecular weight is 401 g/mol. The number of aryl methyl sites for hydroxylation is 1. The minimum atomic E-state index is -0.238. The van der Waals surface area contributed by atoms with Crippen molar-refractivity contribution < 1.29 is 14.0 Å². The normalized spacial score (nSPS) is 16.2. The van der Waals surface area contributed by atoms with Gasteiger partial charge in [-0.05, 0) is 19.1 Å². The smallest absolute Gasteiger partial charge is 0.237 e. The van der Waals surface area contributed by atoms with Crippen molar-refractivity contribution in [3.8, 4) is 0 Å². The highest BCUT2D eigenvalue weighted by Gasteiger charge is 2.29. The van der Waals surface area contributed by atoms with Gasteiger partial charge < -0.3 is 4.42 Å². The standard InChI is InChI=1S/C17H15N5O3S2/c1-9-21-22-17(27-9)26-8-15(24)20-16-18-7-11-12(19-16)5-10(6-13(11)23)14-3-2-4-25-14/h2-4,7,10H,5-6,8H2,1H3,(H,18,19,20,24)/t10-/m0/s1. The number of aromatic nitrogens is 4. The van der Waals surface area contributed by atoms with Crippen molar-refractivity contribution in [3.05, 3.63) is 46.6 Å². The number of carbonyl (C=O) groups excluding carboxylic acids is 2. The Hall–Kier alpha value is -2.59. The van der Waals surface area contributed by atoms with Crippen LogP contribution >= 0.6 is 23.1 Å². The van der Waals surface area contributed by atoms with Crippen molar-refractivity contribution in [2.75, 3.05) is 11.1 Å². The summed E-state index contributed by atoms with van der Waals surface area (Å²) in [5.41, 5.74) is 1.14. The van der Waals surface area contributed by atoms with Crippen LogP contribution in [0.2, 0.25) is 0 Å². The first-order valence-electron chi connectivity index (χ1n) is 8.24. The van der Waals surface area contributed by atoms with Crippen molar-refractivity contribution >= 4 is 40.7 Å². The Morgan fingerprint density at radius 1 is 1.41 bits per heavy atom. The molecule has 0 fully saturated rings. The third kappa shape index (κ3) is 4.06. The lowest BCUT2D eigenvalue weighted by Gasteiger charge is -2.21. The number of furan rings is 1. The molecule has 0 radical (unpaired) electrons. The molecule has 0 unspecified atom stereocenters. The zero-order valence-corrected chi connectivity index (χ0v) is 16.0. The molecule has 10 heteroatoms. The van der Waals surface area contributed by atoms with Crippen LogP contribution in [0, 0.1) is 6.92 Å². The van der Waals surface area contributed by atoms with Crippen LogP contribution in [0.4, 0.5) is 5.95 Å². The Kier molecular flexibility index (Phi) is 4.99. The maximum Gasteiger partial charge on any atom is 0.237 e. The molecule has 4 rings (SSSR count). The summed E-state index contributed by atoms with van der Waals surface area (Å²) < 4.78 is 6.17. The minimum Gasteiger partial charge on any atom is -0.469 e. The largest absolute Gasteiger partial charge is 0.469 e. The number of anilines is 1. The van der Waals surface area contributed by atoms with Crippen LogP contribution in [-0.4, -0.2) is 37.6 Å². The second-order valence-corrected chi connectivity index (χ2v) is 8.43. The van der Waals surface area contributed by atoms with Crippen molar-refractivity contribution in [1.82, 2.24) is 20.2 Å². The Balaban J connectivity index is 1.43. The number of fused-ring (bicyclic) bond motifs is 1. The van der Waals surface area contributed by atoms with Gasteiger partial charge in [-0.3, -0.25) is 14.9 Å². The number of carbonyl (C=O) groups is 2. The first-order chi connectivity index (χ1) is 13.1. The predicted molar refractivity (Wildman–Crippen MR) is 100 cm³/mol. The van der Waals surface area contributed by atoms with E-state index in [1.807, 2.05) is 13.0 Å². The summed E-state index contributed by atoms with van der Waals surface area (Å²) in [5.74, 6) is 0.843. The molecule has 1 aliphatic carbocycles. The van der Waals surface area contributed by atoms with E-state index in [0.717, 1.165) is 15.1 Å². The first kappa shape index (κ1) is 17.8. The molecule has 3 heterocycles. The van der Waals surface area contributed by atoms with Crippen molar-refractivity contribution in [1.29, 1.82) is 0 Å². The van der Waals surface area contributed by atoms with Gasteiger partial charge in [-0.15, -0.1) is 10.2 Å². The molecule has 1 N–H and O–H groups in total. The molecule has 3 aromatic heterocycles. The van der Waals surface area contributed by atoms with E-state index in [9.17, 15) is 9.59 Å². The number of rotatable bonds is 5. The van der Waals surface area contributed by atoms with Crippen LogP contribution in [0.3, 0.4) is 0 Å². The SMILES string of the molecule is Cc1nnc(SCC(=O)Nc2ncc3c(n2)C[C@H](c2ccco2)CC3=O)s1. The highest BCUT2D eigenvalue weighted by Crippen LogP contribution is 2.32. The van der Waals surface area contributed by atoms with E-state index < -0.39 is 0 Å². The van der Waals surface area contributed by atoms with Gasteiger partial charge in [0, 0.05) is 25.0 Å². The number of thioether (sulfide) groups is 1. The topological polar surface area (TPSA) is 111 Å². The van der Waals surface area contributed by atoms with Crippen molar-refractivity contribution in [2.24, 2.45) is 0 Å². The van der Waals surface area contributed by atoms with Gasteiger partial charge in [0.25, 0.3) is 0 Å². The number of Topliss-reactive ketones (excluding diaryl/α,β-unsaturated/α-hetero) is 1. The van der Waals surface area contributed by atoms with Gasteiger partial charge in [0.05, 0.1) is 23.3 Å². The molecule has 0 aromatic carbocycles. The van der Waals surface area contributed by atoms with Gasteiger partial charge in [0.15, 0.2) is 10.1 Å². The summed E-state index contributed by atoms with van der Waals surface area (Å²) in [7, 11) is 0. The molecule has 1 aliphatic rings. The molecule has 1 amide bonds. The third-order valence-electron chi connectivity index (χ3n) is 4.07. The van der Waals surface area contributed by atoms with Gasteiger partial charge in [0.1, 0.15) is 10.8 Å². The van der Waals surface area contributed by atoms with Crippen molar-refractivity contribution in [2.45, 2.75) is 30.0 Å². The summed E-state index contributed by atoms with van der Waals surface area (Å²) in [6, 6.07) is 3.66. The molecule has 0 bridgehead atoms. The quantitative estimate of drug-likeness (QED) is 0.650. The van der Waals surface area contributed by atoms with Gasteiger partial charge in [-0.25, -0.2) is 9.97 Å². The first-order valence-corrected chi connectivity index (χ1v) is 10.0. The predicted octanol–water partition coefficient (Wildman–Crippen LogP) is 2.87. The van der Waals surface area contributed by atoms with E-state index in [1.165, 1.54) is 29.3 Å². The molecule has 138 valence electrons. The molecule has 0 saturated carbocycles. The summed E-state index contributed by atoms with van der Waals surface area (Å²) in [4.78, 5) is 33.0. The molecule has 1 atom stereocenters. The Morgan fingerprint density at radius 3 is 3.04 bits per heavy atom. The van der Waals surface area contributed by atoms with Gasteiger partial charge in [0.2, 0.25) is 11.9 Å². The molecule has 27 heavy (non-hydrogen) atoms. The van der Waals surface area contributed by atoms with Gasteiger partial charge >= 0.3 is 0 Å². The molecular weight excluding hydrogens is 386 g/mol. The monoisotopic (exact) mass is 401 g/mol. The molecule has 0 spiro atoms. The lowest BCUT2D eigenvalue weighted by atomic mass is 9.85. The second kappa shape index (κ2) is 7.57. The average Bonchev–Trinajstić information content (AvgIpc) is 3.31. The summed E-state index contributed by atoms with van der Waals surface area (Å²) >= 11 is 2.74. The summed E-state index contributed by atoms with van der Waals surface area (Å²) in [6.07, 6.45) is 4.02. The Bertz CT molecular complexity index is 986. The fraction of sp³-hybridized carbons (Fsp3) is 0.294. The molecular formula is C17H15N5O3S2. The molecule has 8 nitrogen and oxygen atoms in total. The maximum absolute atomic E-state index is 12.4. The Labute approximate surface area is 162 Å². The number of nitrogens with zero attached hydrogens (tertiary/aromatic N) is 4. The highest BCUT2D eigenvalue weighted by molar-refractivity contribution is 8.01. The van der Waals surface area contributed by atoms with E-state index in [0.29, 0.717) is 24.1 Å². The van der Waals surface area contributed by atoms with Crippen LogP contribution in [0.5, 0.6) is 0 Å². The van der Waals surface area contributed by atoms with Crippen LogP contribution in [0.15, 0.2) is 33.3 Å². The number of hydrogen-bond acceptors (Lipinski definition) is 9. The lowest BCUT2D eigenvalue weighted by molar-refractivity contribution is -0.113. The van der Waals surface area contributed by atoms with E-state index in [2.05, 4.69) is 25.5 Å². The van der Waals surface area contributed by atoms with Crippen LogP contribution in [0.25, 0.3) is 0 Å². The van der Waals surface area contributed by atoms with Crippen molar-refractivity contribution in [3.63, 3.8) is 0 Å².